The van der Waals surface area contributed by atoms with Crippen molar-refractivity contribution in [3.8, 4) is 0 Å². The average molecular weight is 256 g/mol. The number of nitrogens with two attached hydrogens (primary N) is 1. The molecule has 1 aliphatic heterocycles. The van der Waals surface area contributed by atoms with E-state index in [4.69, 9.17) is 15.2 Å². The predicted octanol–water partition coefficient (Wildman–Crippen LogP) is 0.426. The molecule has 1 saturated heterocycles. The number of carbonyl (C=O) groups is 1. The van der Waals surface area contributed by atoms with Crippen LogP contribution in [0.25, 0.3) is 0 Å². The monoisotopic (exact) mass is 256 g/mol. The highest BCUT2D eigenvalue weighted by molar-refractivity contribution is 5.76. The van der Waals surface area contributed by atoms with E-state index in [1.807, 2.05) is 0 Å². The maximum Gasteiger partial charge on any atom is 0.220 e. The summed E-state index contributed by atoms with van der Waals surface area (Å²) in [5, 5.41) is 2.93. The number of amides is 1. The van der Waals surface area contributed by atoms with Crippen LogP contribution in [0.5, 0.6) is 0 Å². The van der Waals surface area contributed by atoms with Gasteiger partial charge in [0.15, 0.2) is 0 Å². The molecule has 18 heavy (non-hydrogen) atoms. The Morgan fingerprint density at radius 1 is 1.33 bits per heavy atom. The van der Waals surface area contributed by atoms with E-state index in [-0.39, 0.29) is 18.1 Å². The summed E-state index contributed by atoms with van der Waals surface area (Å²) in [5.74, 6) is 0.570. The number of hydrogen-bond donors (Lipinski definition) is 2. The number of carbonyl (C=O) groups excluding carboxylic acids is 1. The van der Waals surface area contributed by atoms with Crippen LogP contribution in [0.2, 0.25) is 0 Å². The maximum atomic E-state index is 11.8. The standard InChI is InChI=1S/C13H24N2O3/c14-11-3-1-2-10(6-11)7-13(16)15-8-12-9-17-4-5-18-12/h10-12H,1-9,14H2,(H,15,16). The fourth-order valence-electron chi connectivity index (χ4n) is 2.73. The van der Waals surface area contributed by atoms with Gasteiger partial charge in [-0.1, -0.05) is 6.42 Å². The SMILES string of the molecule is NC1CCCC(CC(=O)NCC2COCCO2)C1. The minimum Gasteiger partial charge on any atom is -0.376 e. The van der Waals surface area contributed by atoms with Gasteiger partial charge in [-0.2, -0.15) is 0 Å². The van der Waals surface area contributed by atoms with E-state index >= 15 is 0 Å². The first-order chi connectivity index (χ1) is 8.74. The van der Waals surface area contributed by atoms with E-state index in [0.717, 1.165) is 25.7 Å². The first-order valence-electron chi connectivity index (χ1n) is 6.95. The smallest absolute Gasteiger partial charge is 0.220 e. The summed E-state index contributed by atoms with van der Waals surface area (Å²) in [6, 6.07) is 0.284. The Labute approximate surface area is 108 Å². The topological polar surface area (TPSA) is 73.6 Å². The van der Waals surface area contributed by atoms with Crippen molar-refractivity contribution >= 4 is 5.91 Å². The van der Waals surface area contributed by atoms with Gasteiger partial charge >= 0.3 is 0 Å². The van der Waals surface area contributed by atoms with E-state index in [2.05, 4.69) is 5.32 Å². The predicted molar refractivity (Wildman–Crippen MR) is 68.1 cm³/mol. The van der Waals surface area contributed by atoms with Gasteiger partial charge in [0.25, 0.3) is 0 Å². The van der Waals surface area contributed by atoms with Gasteiger partial charge in [-0.05, 0) is 25.2 Å². The summed E-state index contributed by atoms with van der Waals surface area (Å²) in [6.45, 7) is 2.41. The zero-order chi connectivity index (χ0) is 12.8. The molecule has 104 valence electrons. The zero-order valence-electron chi connectivity index (χ0n) is 10.9. The van der Waals surface area contributed by atoms with Crippen LogP contribution in [0.15, 0.2) is 0 Å². The lowest BCUT2D eigenvalue weighted by Crippen LogP contribution is -2.40. The second-order valence-electron chi connectivity index (χ2n) is 5.37. The lowest BCUT2D eigenvalue weighted by atomic mass is 9.84. The van der Waals surface area contributed by atoms with Crippen molar-refractivity contribution in [1.82, 2.24) is 5.32 Å². The largest absolute Gasteiger partial charge is 0.376 e. The van der Waals surface area contributed by atoms with Crippen molar-refractivity contribution in [2.75, 3.05) is 26.4 Å². The van der Waals surface area contributed by atoms with E-state index < -0.39 is 0 Å². The van der Waals surface area contributed by atoms with Gasteiger partial charge in [-0.15, -0.1) is 0 Å². The van der Waals surface area contributed by atoms with Crippen molar-refractivity contribution < 1.29 is 14.3 Å². The number of ether oxygens (including phenoxy) is 2. The van der Waals surface area contributed by atoms with Gasteiger partial charge in [-0.3, -0.25) is 4.79 Å². The molecule has 1 saturated carbocycles. The van der Waals surface area contributed by atoms with Crippen molar-refractivity contribution in [3.05, 3.63) is 0 Å². The first kappa shape index (κ1) is 13.8. The van der Waals surface area contributed by atoms with Crippen LogP contribution in [-0.4, -0.2) is 44.4 Å². The van der Waals surface area contributed by atoms with Gasteiger partial charge in [0.05, 0.1) is 25.9 Å². The quantitative estimate of drug-likeness (QED) is 0.765. The Morgan fingerprint density at radius 2 is 2.22 bits per heavy atom. The maximum absolute atomic E-state index is 11.8. The molecule has 5 nitrogen and oxygen atoms in total. The van der Waals surface area contributed by atoms with Gasteiger partial charge in [0, 0.05) is 19.0 Å². The summed E-state index contributed by atoms with van der Waals surface area (Å²) in [5.41, 5.74) is 5.92. The molecule has 0 aromatic heterocycles. The molecule has 0 bridgehead atoms. The van der Waals surface area contributed by atoms with Crippen molar-refractivity contribution in [3.63, 3.8) is 0 Å². The second kappa shape index (κ2) is 7.07. The Balaban J connectivity index is 1.62. The van der Waals surface area contributed by atoms with Crippen LogP contribution in [-0.2, 0) is 14.3 Å². The fraction of sp³-hybridized carbons (Fsp3) is 0.923. The molecule has 1 aliphatic carbocycles. The Kier molecular flexibility index (Phi) is 5.41. The Hall–Kier alpha value is -0.650. The third-order valence-corrected chi connectivity index (χ3v) is 3.71. The molecule has 3 atom stereocenters. The van der Waals surface area contributed by atoms with Crippen LogP contribution < -0.4 is 11.1 Å². The van der Waals surface area contributed by atoms with Crippen LogP contribution in [0.3, 0.4) is 0 Å². The van der Waals surface area contributed by atoms with Crippen LogP contribution >= 0.6 is 0 Å². The van der Waals surface area contributed by atoms with Gasteiger partial charge in [0.2, 0.25) is 5.91 Å². The van der Waals surface area contributed by atoms with Crippen molar-refractivity contribution in [1.29, 1.82) is 0 Å². The third kappa shape index (κ3) is 4.55. The molecule has 2 fully saturated rings. The fourth-order valence-corrected chi connectivity index (χ4v) is 2.73. The van der Waals surface area contributed by atoms with E-state index in [1.165, 1.54) is 0 Å². The first-order valence-corrected chi connectivity index (χ1v) is 6.95. The molecule has 3 N–H and O–H groups in total. The highest BCUT2D eigenvalue weighted by atomic mass is 16.6. The van der Waals surface area contributed by atoms with Crippen molar-refractivity contribution in [2.45, 2.75) is 44.2 Å². The van der Waals surface area contributed by atoms with Crippen molar-refractivity contribution in [2.24, 2.45) is 11.7 Å². The summed E-state index contributed by atoms with van der Waals surface area (Å²) < 4.78 is 10.8. The molecular formula is C13H24N2O3. The number of rotatable bonds is 4. The summed E-state index contributed by atoms with van der Waals surface area (Å²) in [6.07, 6.45) is 4.97. The lowest BCUT2D eigenvalue weighted by molar-refractivity contribution is -0.125. The molecule has 5 heteroatoms. The molecular weight excluding hydrogens is 232 g/mol. The molecule has 1 amide bonds. The third-order valence-electron chi connectivity index (χ3n) is 3.71. The Morgan fingerprint density at radius 3 is 2.94 bits per heavy atom. The molecule has 2 aliphatic rings. The highest BCUT2D eigenvalue weighted by Gasteiger charge is 2.22. The summed E-state index contributed by atoms with van der Waals surface area (Å²) in [7, 11) is 0. The van der Waals surface area contributed by atoms with Crippen LogP contribution in [0, 0.1) is 5.92 Å². The molecule has 0 spiro atoms. The molecule has 0 radical (unpaired) electrons. The Bertz CT molecular complexity index is 267. The number of hydrogen-bond acceptors (Lipinski definition) is 4. The molecule has 0 aromatic rings. The molecule has 1 heterocycles. The van der Waals surface area contributed by atoms with Crippen LogP contribution in [0.4, 0.5) is 0 Å². The van der Waals surface area contributed by atoms with Gasteiger partial charge in [0.1, 0.15) is 0 Å². The highest BCUT2D eigenvalue weighted by Crippen LogP contribution is 2.25. The minimum atomic E-state index is 0.0105. The number of nitrogens with one attached hydrogen (secondary N) is 1. The van der Waals surface area contributed by atoms with Gasteiger partial charge in [-0.25, -0.2) is 0 Å². The lowest BCUT2D eigenvalue weighted by Gasteiger charge is -2.27. The van der Waals surface area contributed by atoms with E-state index in [9.17, 15) is 4.79 Å². The molecule has 2 rings (SSSR count). The second-order valence-corrected chi connectivity index (χ2v) is 5.37. The molecule has 3 unspecified atom stereocenters. The van der Waals surface area contributed by atoms with E-state index in [0.29, 0.717) is 38.7 Å². The summed E-state index contributed by atoms with van der Waals surface area (Å²) in [4.78, 5) is 11.8. The minimum absolute atomic E-state index is 0.0105. The van der Waals surface area contributed by atoms with E-state index in [1.54, 1.807) is 0 Å². The normalized spacial score (nSPS) is 33.1. The van der Waals surface area contributed by atoms with Crippen LogP contribution in [0.1, 0.15) is 32.1 Å². The summed E-state index contributed by atoms with van der Waals surface area (Å²) >= 11 is 0. The molecule has 0 aromatic carbocycles. The average Bonchev–Trinajstić information content (AvgIpc) is 2.38. The van der Waals surface area contributed by atoms with Gasteiger partial charge < -0.3 is 20.5 Å². The zero-order valence-corrected chi connectivity index (χ0v) is 10.9.